The van der Waals surface area contributed by atoms with Crippen LogP contribution in [0.5, 0.6) is 0 Å². The number of fused-ring (bicyclic) bond motifs is 1. The molecule has 2 amide bonds. The molecule has 11 nitrogen and oxygen atoms in total. The molecule has 49 heavy (non-hydrogen) atoms. The topological polar surface area (TPSA) is 117 Å². The lowest BCUT2D eigenvalue weighted by atomic mass is 9.97. The molecule has 3 aliphatic heterocycles. The summed E-state index contributed by atoms with van der Waals surface area (Å²) in [6.07, 6.45) is 10.3. The van der Waals surface area contributed by atoms with E-state index in [-0.39, 0.29) is 12.5 Å². The fraction of sp³-hybridized carbons (Fsp3) is 0.444. The summed E-state index contributed by atoms with van der Waals surface area (Å²) in [6, 6.07) is 13.7. The van der Waals surface area contributed by atoms with Gasteiger partial charge in [-0.15, -0.1) is 0 Å². The van der Waals surface area contributed by atoms with Crippen LogP contribution in [0, 0.1) is 0 Å². The van der Waals surface area contributed by atoms with Crippen molar-refractivity contribution < 1.29 is 18.2 Å². The number of nitrogens with zero attached hydrogens (tertiary/aromatic N) is 6. The molecule has 2 aromatic carbocycles. The SMILES string of the molecule is CS(=O)N1CCc2c(c(-c3ccc(Cl)c(-c4cccc(C(=O)NCc5ncco5)c4)c3)nn2CCCN2CCC(N3CCCC3=O)CC2)C1. The Labute approximate surface area is 294 Å². The summed E-state index contributed by atoms with van der Waals surface area (Å²) in [7, 11) is -1.09. The minimum Gasteiger partial charge on any atom is -0.447 e. The summed E-state index contributed by atoms with van der Waals surface area (Å²) in [5, 5.41) is 8.60. The highest BCUT2D eigenvalue weighted by molar-refractivity contribution is 7.81. The zero-order valence-corrected chi connectivity index (χ0v) is 29.3. The molecule has 0 spiro atoms. The minimum absolute atomic E-state index is 0.193. The molecule has 1 atom stereocenters. The van der Waals surface area contributed by atoms with Crippen molar-refractivity contribution in [1.29, 1.82) is 0 Å². The Balaban J connectivity index is 1.08. The summed E-state index contributed by atoms with van der Waals surface area (Å²) in [5.41, 5.74) is 6.22. The molecule has 7 rings (SSSR count). The molecule has 2 aromatic heterocycles. The van der Waals surface area contributed by atoms with E-state index in [9.17, 15) is 13.8 Å². The number of hydrogen-bond acceptors (Lipinski definition) is 7. The zero-order chi connectivity index (χ0) is 33.9. The molecule has 5 heterocycles. The smallest absolute Gasteiger partial charge is 0.251 e. The van der Waals surface area contributed by atoms with Gasteiger partial charge in [0.2, 0.25) is 11.8 Å². The maximum Gasteiger partial charge on any atom is 0.251 e. The summed E-state index contributed by atoms with van der Waals surface area (Å²) < 4.78 is 21.9. The van der Waals surface area contributed by atoms with Gasteiger partial charge >= 0.3 is 0 Å². The molecule has 4 aromatic rings. The maximum absolute atomic E-state index is 12.9. The molecule has 0 bridgehead atoms. The first kappa shape index (κ1) is 33.6. The number of aryl methyl sites for hydroxylation is 1. The van der Waals surface area contributed by atoms with E-state index >= 15 is 0 Å². The largest absolute Gasteiger partial charge is 0.447 e. The number of amides is 2. The van der Waals surface area contributed by atoms with Gasteiger partial charge in [0.05, 0.1) is 29.4 Å². The van der Waals surface area contributed by atoms with E-state index in [0.717, 1.165) is 99.3 Å². The van der Waals surface area contributed by atoms with Gasteiger partial charge < -0.3 is 19.5 Å². The van der Waals surface area contributed by atoms with Crippen molar-refractivity contribution in [2.45, 2.75) is 64.2 Å². The molecule has 1 N–H and O–H groups in total. The predicted octanol–water partition coefficient (Wildman–Crippen LogP) is 4.92. The first-order valence-corrected chi connectivity index (χ1v) is 19.0. The second-order valence-electron chi connectivity index (χ2n) is 13.0. The molecule has 1 unspecified atom stereocenters. The Hall–Kier alpha value is -3.84. The second kappa shape index (κ2) is 15.0. The van der Waals surface area contributed by atoms with Crippen LogP contribution in [-0.2, 0) is 41.8 Å². The van der Waals surface area contributed by atoms with Gasteiger partial charge in [-0.2, -0.15) is 5.10 Å². The number of benzene rings is 2. The lowest BCUT2D eigenvalue weighted by molar-refractivity contribution is -0.130. The van der Waals surface area contributed by atoms with Crippen LogP contribution in [0.4, 0.5) is 0 Å². The van der Waals surface area contributed by atoms with Crippen LogP contribution >= 0.6 is 11.6 Å². The van der Waals surface area contributed by atoms with Crippen molar-refractivity contribution in [3.63, 3.8) is 0 Å². The molecule has 3 aliphatic rings. The molecule has 0 saturated carbocycles. The number of piperidine rings is 1. The van der Waals surface area contributed by atoms with Crippen LogP contribution in [0.2, 0.25) is 5.02 Å². The maximum atomic E-state index is 12.9. The molecule has 0 aliphatic carbocycles. The van der Waals surface area contributed by atoms with Crippen LogP contribution in [0.1, 0.15) is 59.6 Å². The van der Waals surface area contributed by atoms with Crippen LogP contribution in [0.3, 0.4) is 0 Å². The second-order valence-corrected chi connectivity index (χ2v) is 14.8. The number of rotatable bonds is 11. The van der Waals surface area contributed by atoms with Gasteiger partial charge in [-0.05, 0) is 62.1 Å². The third kappa shape index (κ3) is 7.52. The molecule has 258 valence electrons. The number of aromatic nitrogens is 3. The third-order valence-electron chi connectivity index (χ3n) is 9.97. The highest BCUT2D eigenvalue weighted by Gasteiger charge is 2.31. The number of carbonyl (C=O) groups is 2. The Bertz CT molecular complexity index is 1840. The van der Waals surface area contributed by atoms with Gasteiger partial charge in [0.1, 0.15) is 6.26 Å². The van der Waals surface area contributed by atoms with E-state index in [1.807, 2.05) is 40.7 Å². The van der Waals surface area contributed by atoms with Crippen molar-refractivity contribution in [3.05, 3.63) is 82.7 Å². The summed E-state index contributed by atoms with van der Waals surface area (Å²) in [5.74, 6) is 0.524. The van der Waals surface area contributed by atoms with E-state index in [0.29, 0.717) is 41.4 Å². The van der Waals surface area contributed by atoms with E-state index in [4.69, 9.17) is 21.1 Å². The lowest BCUT2D eigenvalue weighted by Gasteiger charge is -2.36. The van der Waals surface area contributed by atoms with Gasteiger partial charge in [-0.1, -0.05) is 29.8 Å². The summed E-state index contributed by atoms with van der Waals surface area (Å²) >= 11 is 6.77. The highest BCUT2D eigenvalue weighted by atomic mass is 35.5. The average Bonchev–Trinajstić information content (AvgIpc) is 3.88. The van der Waals surface area contributed by atoms with Crippen molar-refractivity contribution in [1.82, 2.24) is 34.2 Å². The van der Waals surface area contributed by atoms with Crippen molar-refractivity contribution in [2.75, 3.05) is 39.0 Å². The quantitative estimate of drug-likeness (QED) is 0.236. The highest BCUT2D eigenvalue weighted by Crippen LogP contribution is 2.36. The van der Waals surface area contributed by atoms with Crippen LogP contribution in [0.25, 0.3) is 22.4 Å². The van der Waals surface area contributed by atoms with E-state index < -0.39 is 11.0 Å². The molecule has 2 fully saturated rings. The van der Waals surface area contributed by atoms with Crippen LogP contribution in [-0.4, -0.2) is 89.9 Å². The normalized spacial score (nSPS) is 18.2. The monoisotopic (exact) mass is 703 g/mol. The van der Waals surface area contributed by atoms with E-state index in [1.165, 1.54) is 12.0 Å². The number of oxazole rings is 1. The molecule has 0 radical (unpaired) electrons. The van der Waals surface area contributed by atoms with Crippen molar-refractivity contribution in [3.8, 4) is 22.4 Å². The van der Waals surface area contributed by atoms with Crippen molar-refractivity contribution >= 4 is 34.4 Å². The fourth-order valence-electron chi connectivity index (χ4n) is 7.38. The van der Waals surface area contributed by atoms with Crippen molar-refractivity contribution in [2.24, 2.45) is 0 Å². The minimum atomic E-state index is -1.09. The van der Waals surface area contributed by atoms with Crippen LogP contribution < -0.4 is 5.32 Å². The predicted molar refractivity (Wildman–Crippen MR) is 189 cm³/mol. The van der Waals surface area contributed by atoms with Gasteiger partial charge in [0.25, 0.3) is 5.91 Å². The van der Waals surface area contributed by atoms with Gasteiger partial charge in [-0.25, -0.2) is 13.5 Å². The van der Waals surface area contributed by atoms with Gasteiger partial charge in [0, 0.05) is 97.4 Å². The zero-order valence-electron chi connectivity index (χ0n) is 27.8. The first-order chi connectivity index (χ1) is 23.8. The molecular formula is C36H42ClN7O4S. The first-order valence-electron chi connectivity index (χ1n) is 17.1. The molecule has 13 heteroatoms. The van der Waals surface area contributed by atoms with Gasteiger partial charge in [-0.3, -0.25) is 14.3 Å². The standard InChI is InChI=1S/C36H42ClN7O4S/c1-49(47)42-19-12-32-30(24-42)35(40-44(32)16-4-14-41-17-10-28(11-18-41)43-15-3-7-34(43)45)26-8-9-31(37)29(22-26)25-5-2-6-27(21-25)36(46)39-23-33-38-13-20-48-33/h2,5-6,8-9,13,20-22,28H,3-4,7,10-12,14-19,23-24H2,1H3,(H,39,46). The fourth-order valence-corrected chi connectivity index (χ4v) is 8.26. The number of hydrogen-bond donors (Lipinski definition) is 1. The number of nitrogens with one attached hydrogen (secondary N) is 1. The Morgan fingerprint density at radius 3 is 2.67 bits per heavy atom. The summed E-state index contributed by atoms with van der Waals surface area (Å²) in [6.45, 7) is 6.23. The summed E-state index contributed by atoms with van der Waals surface area (Å²) in [4.78, 5) is 33.8. The number of carbonyl (C=O) groups excluding carboxylic acids is 2. The molecular weight excluding hydrogens is 662 g/mol. The third-order valence-corrected chi connectivity index (χ3v) is 11.3. The van der Waals surface area contributed by atoms with E-state index in [2.05, 4.69) is 24.8 Å². The Morgan fingerprint density at radius 2 is 1.92 bits per heavy atom. The van der Waals surface area contributed by atoms with Crippen LogP contribution in [0.15, 0.2) is 59.3 Å². The Morgan fingerprint density at radius 1 is 1.06 bits per heavy atom. The number of likely N-dealkylation sites (tertiary alicyclic amines) is 2. The number of halogens is 1. The molecule has 2 saturated heterocycles. The lowest BCUT2D eigenvalue weighted by Crippen LogP contribution is -2.45. The van der Waals surface area contributed by atoms with Gasteiger partial charge in [0.15, 0.2) is 0 Å². The Kier molecular flexibility index (Phi) is 10.3. The average molecular weight is 704 g/mol. The van der Waals surface area contributed by atoms with E-state index in [1.54, 1.807) is 18.5 Å².